The van der Waals surface area contributed by atoms with Crippen molar-refractivity contribution in [2.45, 2.75) is 90.9 Å². The zero-order chi connectivity index (χ0) is 16.0. The maximum atomic E-state index is 12.6. The molecular weight excluding hydrogens is 262 g/mol. The minimum absolute atomic E-state index is 0.0535. The molecule has 4 heteroatoms. The van der Waals surface area contributed by atoms with Crippen LogP contribution in [0.4, 0.5) is 0 Å². The van der Waals surface area contributed by atoms with Gasteiger partial charge in [-0.25, -0.2) is 0 Å². The first kappa shape index (κ1) is 18.4. The fourth-order valence-electron chi connectivity index (χ4n) is 3.13. The number of carbonyl (C=O) groups excluding carboxylic acids is 1. The molecular formula is C17H35N3O. The van der Waals surface area contributed by atoms with E-state index in [1.54, 1.807) is 0 Å². The first-order valence-electron chi connectivity index (χ1n) is 8.63. The summed E-state index contributed by atoms with van der Waals surface area (Å²) in [7, 11) is 0. The molecule has 0 aromatic rings. The molecule has 0 spiro atoms. The third-order valence-electron chi connectivity index (χ3n) is 4.92. The van der Waals surface area contributed by atoms with Crippen molar-refractivity contribution in [1.82, 2.24) is 15.5 Å². The van der Waals surface area contributed by atoms with Crippen LogP contribution in [0.15, 0.2) is 0 Å². The van der Waals surface area contributed by atoms with Crippen LogP contribution in [0, 0.1) is 0 Å². The number of nitrogens with zero attached hydrogens (tertiary/aromatic N) is 1. The van der Waals surface area contributed by atoms with Crippen molar-refractivity contribution < 1.29 is 4.79 Å². The van der Waals surface area contributed by atoms with Crippen LogP contribution in [0.1, 0.15) is 67.2 Å². The average molecular weight is 297 g/mol. The Balaban J connectivity index is 2.72. The van der Waals surface area contributed by atoms with Crippen molar-refractivity contribution in [3.05, 3.63) is 0 Å². The molecule has 1 rings (SSSR count). The Kier molecular flexibility index (Phi) is 7.14. The Labute approximate surface area is 131 Å². The van der Waals surface area contributed by atoms with E-state index in [0.717, 1.165) is 19.5 Å². The molecule has 124 valence electrons. The van der Waals surface area contributed by atoms with Gasteiger partial charge in [0, 0.05) is 17.6 Å². The minimum Gasteiger partial charge on any atom is -0.350 e. The number of piperidine rings is 1. The zero-order valence-electron chi connectivity index (χ0n) is 14.8. The maximum absolute atomic E-state index is 12.6. The van der Waals surface area contributed by atoms with Gasteiger partial charge in [-0.15, -0.1) is 0 Å². The van der Waals surface area contributed by atoms with Gasteiger partial charge in [-0.05, 0) is 60.0 Å². The van der Waals surface area contributed by atoms with Crippen LogP contribution in [-0.2, 0) is 4.79 Å². The summed E-state index contributed by atoms with van der Waals surface area (Å²) in [4.78, 5) is 15.0. The van der Waals surface area contributed by atoms with E-state index in [0.29, 0.717) is 12.1 Å². The van der Waals surface area contributed by atoms with Gasteiger partial charge in [-0.3, -0.25) is 9.69 Å². The molecule has 4 nitrogen and oxygen atoms in total. The monoisotopic (exact) mass is 297 g/mol. The van der Waals surface area contributed by atoms with Gasteiger partial charge in [0.1, 0.15) is 0 Å². The van der Waals surface area contributed by atoms with Gasteiger partial charge in [0.05, 0.1) is 6.04 Å². The van der Waals surface area contributed by atoms with E-state index in [9.17, 15) is 4.79 Å². The molecule has 0 aromatic carbocycles. The molecule has 0 aromatic heterocycles. The van der Waals surface area contributed by atoms with Crippen LogP contribution in [-0.4, -0.2) is 47.6 Å². The molecule has 21 heavy (non-hydrogen) atoms. The highest BCUT2D eigenvalue weighted by Crippen LogP contribution is 2.23. The second-order valence-electron chi connectivity index (χ2n) is 7.05. The summed E-state index contributed by atoms with van der Waals surface area (Å²) in [5, 5.41) is 6.72. The van der Waals surface area contributed by atoms with Crippen LogP contribution in [0.3, 0.4) is 0 Å². The SMILES string of the molecule is CCNC(C)C1CCCCN1C(C)C(=O)NC(C)(C)CC. The third kappa shape index (κ3) is 5.26. The summed E-state index contributed by atoms with van der Waals surface area (Å²) in [6.45, 7) is 14.7. The van der Waals surface area contributed by atoms with Gasteiger partial charge < -0.3 is 10.6 Å². The summed E-state index contributed by atoms with van der Waals surface area (Å²) in [5.74, 6) is 0.164. The lowest BCUT2D eigenvalue weighted by molar-refractivity contribution is -0.129. The van der Waals surface area contributed by atoms with E-state index in [2.05, 4.69) is 57.1 Å². The van der Waals surface area contributed by atoms with Gasteiger partial charge in [0.25, 0.3) is 0 Å². The number of carbonyl (C=O) groups is 1. The number of likely N-dealkylation sites (N-methyl/N-ethyl adjacent to an activating group) is 1. The number of rotatable bonds is 7. The maximum Gasteiger partial charge on any atom is 0.237 e. The normalized spacial score (nSPS) is 23.6. The van der Waals surface area contributed by atoms with Crippen molar-refractivity contribution in [2.75, 3.05) is 13.1 Å². The Morgan fingerprint density at radius 1 is 1.29 bits per heavy atom. The molecule has 3 unspecified atom stereocenters. The van der Waals surface area contributed by atoms with Gasteiger partial charge in [0.15, 0.2) is 0 Å². The van der Waals surface area contributed by atoms with Gasteiger partial charge in [-0.1, -0.05) is 20.3 Å². The third-order valence-corrected chi connectivity index (χ3v) is 4.92. The summed E-state index contributed by atoms with van der Waals surface area (Å²) >= 11 is 0. The van der Waals surface area contributed by atoms with Crippen molar-refractivity contribution in [3.8, 4) is 0 Å². The van der Waals surface area contributed by atoms with Gasteiger partial charge in [0.2, 0.25) is 5.91 Å². The smallest absolute Gasteiger partial charge is 0.237 e. The number of hydrogen-bond donors (Lipinski definition) is 2. The minimum atomic E-state index is -0.121. The zero-order valence-corrected chi connectivity index (χ0v) is 14.8. The van der Waals surface area contributed by atoms with E-state index in [1.807, 2.05) is 0 Å². The molecule has 1 aliphatic heterocycles. The van der Waals surface area contributed by atoms with Crippen LogP contribution >= 0.6 is 0 Å². The lowest BCUT2D eigenvalue weighted by atomic mass is 9.94. The summed E-state index contributed by atoms with van der Waals surface area (Å²) in [6, 6.07) is 0.844. The van der Waals surface area contributed by atoms with E-state index in [-0.39, 0.29) is 17.5 Å². The molecule has 1 saturated heterocycles. The number of likely N-dealkylation sites (tertiary alicyclic amines) is 1. The number of nitrogens with one attached hydrogen (secondary N) is 2. The summed E-state index contributed by atoms with van der Waals surface area (Å²) in [6.07, 6.45) is 4.60. The molecule has 1 heterocycles. The van der Waals surface area contributed by atoms with Crippen molar-refractivity contribution in [1.29, 1.82) is 0 Å². The first-order valence-corrected chi connectivity index (χ1v) is 8.63. The second-order valence-corrected chi connectivity index (χ2v) is 7.05. The Morgan fingerprint density at radius 2 is 1.95 bits per heavy atom. The average Bonchev–Trinajstić information content (AvgIpc) is 2.46. The predicted octanol–water partition coefficient (Wildman–Crippen LogP) is 2.53. The van der Waals surface area contributed by atoms with Gasteiger partial charge >= 0.3 is 0 Å². The van der Waals surface area contributed by atoms with E-state index in [1.165, 1.54) is 19.3 Å². The van der Waals surface area contributed by atoms with Gasteiger partial charge in [-0.2, -0.15) is 0 Å². The summed E-state index contributed by atoms with van der Waals surface area (Å²) < 4.78 is 0. The van der Waals surface area contributed by atoms with Crippen LogP contribution in [0.5, 0.6) is 0 Å². The Hall–Kier alpha value is -0.610. The van der Waals surface area contributed by atoms with Crippen LogP contribution < -0.4 is 10.6 Å². The standard InChI is InChI=1S/C17H35N3O/c1-7-17(5,6)19-16(21)14(4)20-12-10-9-11-15(20)13(3)18-8-2/h13-15,18H,7-12H2,1-6H3,(H,19,21). The molecule has 3 atom stereocenters. The van der Waals surface area contributed by atoms with Crippen molar-refractivity contribution in [3.63, 3.8) is 0 Å². The fraction of sp³-hybridized carbons (Fsp3) is 0.941. The highest BCUT2D eigenvalue weighted by molar-refractivity contribution is 5.82. The molecule has 2 N–H and O–H groups in total. The largest absolute Gasteiger partial charge is 0.350 e. The summed E-state index contributed by atoms with van der Waals surface area (Å²) in [5.41, 5.74) is -0.121. The van der Waals surface area contributed by atoms with E-state index < -0.39 is 0 Å². The lowest BCUT2D eigenvalue weighted by Crippen LogP contribution is -2.59. The molecule has 1 amide bonds. The number of hydrogen-bond acceptors (Lipinski definition) is 3. The second kappa shape index (κ2) is 8.14. The molecule has 1 fully saturated rings. The fourth-order valence-corrected chi connectivity index (χ4v) is 3.13. The Morgan fingerprint density at radius 3 is 2.52 bits per heavy atom. The molecule has 0 bridgehead atoms. The van der Waals surface area contributed by atoms with E-state index >= 15 is 0 Å². The molecule has 1 aliphatic rings. The van der Waals surface area contributed by atoms with Crippen LogP contribution in [0.2, 0.25) is 0 Å². The first-order chi connectivity index (χ1) is 9.82. The quantitative estimate of drug-likeness (QED) is 0.759. The highest BCUT2D eigenvalue weighted by Gasteiger charge is 2.34. The molecule has 0 saturated carbocycles. The van der Waals surface area contributed by atoms with Crippen LogP contribution in [0.25, 0.3) is 0 Å². The topological polar surface area (TPSA) is 44.4 Å². The van der Waals surface area contributed by atoms with Crippen molar-refractivity contribution in [2.24, 2.45) is 0 Å². The highest BCUT2D eigenvalue weighted by atomic mass is 16.2. The number of amides is 1. The van der Waals surface area contributed by atoms with Crippen molar-refractivity contribution >= 4 is 5.91 Å². The Bertz CT molecular complexity index is 330. The van der Waals surface area contributed by atoms with E-state index in [4.69, 9.17) is 0 Å². The molecule has 0 radical (unpaired) electrons. The predicted molar refractivity (Wildman–Crippen MR) is 89.5 cm³/mol. The lowest BCUT2D eigenvalue weighted by Gasteiger charge is -2.43. The molecule has 0 aliphatic carbocycles.